The van der Waals surface area contributed by atoms with Gasteiger partial charge < -0.3 is 29.5 Å². The monoisotopic (exact) mass is 478 g/mol. The molecule has 2 heterocycles. The van der Waals surface area contributed by atoms with Crippen molar-refractivity contribution in [1.29, 1.82) is 0 Å². The fraction of sp³-hybridized carbons (Fsp3) is 0.963. The summed E-state index contributed by atoms with van der Waals surface area (Å²) in [5.74, 6) is 2.07. The van der Waals surface area contributed by atoms with Crippen LogP contribution in [0.1, 0.15) is 85.0 Å². The molecule has 4 aliphatic carbocycles. The summed E-state index contributed by atoms with van der Waals surface area (Å²) in [5, 5.41) is 30.5. The van der Waals surface area contributed by atoms with E-state index in [1.807, 2.05) is 0 Å². The maximum atomic E-state index is 12.6. The van der Waals surface area contributed by atoms with Crippen LogP contribution < -0.4 is 0 Å². The number of carbonyl (C=O) groups excluding carboxylic acids is 1. The summed E-state index contributed by atoms with van der Waals surface area (Å²) < 4.78 is 18.3. The Morgan fingerprint density at radius 3 is 2.47 bits per heavy atom. The van der Waals surface area contributed by atoms with Gasteiger partial charge in [-0.1, -0.05) is 13.8 Å². The first kappa shape index (κ1) is 23.7. The number of fused-ring (bicyclic) bond motifs is 3. The molecule has 0 aromatic heterocycles. The molecule has 2 saturated heterocycles. The number of aliphatic hydroxyl groups is 3. The van der Waals surface area contributed by atoms with Gasteiger partial charge in [-0.05, 0) is 87.9 Å². The van der Waals surface area contributed by atoms with Crippen LogP contribution in [0.3, 0.4) is 0 Å². The first-order chi connectivity index (χ1) is 16.1. The molecule has 0 unspecified atom stereocenters. The number of ether oxygens (including phenoxy) is 3. The Morgan fingerprint density at radius 1 is 0.882 bits per heavy atom. The second-order valence-corrected chi connectivity index (χ2v) is 13.0. The molecule has 13 atom stereocenters. The minimum atomic E-state index is -1.26. The maximum Gasteiger partial charge on any atom is 0.306 e. The molecule has 0 spiro atoms. The predicted molar refractivity (Wildman–Crippen MR) is 122 cm³/mol. The molecule has 0 amide bonds. The summed E-state index contributed by atoms with van der Waals surface area (Å²) in [7, 11) is 0. The molecule has 0 aromatic carbocycles. The molecule has 0 aromatic rings. The summed E-state index contributed by atoms with van der Waals surface area (Å²) in [6.07, 6.45) is 5.10. The lowest BCUT2D eigenvalue weighted by Crippen LogP contribution is -2.65. The molecular weight excluding hydrogens is 436 g/mol. The topological polar surface area (TPSA) is 105 Å². The molecule has 6 rings (SSSR count). The van der Waals surface area contributed by atoms with E-state index >= 15 is 0 Å². The number of hydrogen-bond donors (Lipinski definition) is 3. The van der Waals surface area contributed by atoms with E-state index in [-0.39, 0.29) is 28.5 Å². The third kappa shape index (κ3) is 3.09. The van der Waals surface area contributed by atoms with Crippen molar-refractivity contribution in [3.8, 4) is 0 Å². The number of hydrogen-bond acceptors (Lipinski definition) is 7. The number of aliphatic hydroxyl groups excluding tert-OH is 3. The smallest absolute Gasteiger partial charge is 0.306 e. The van der Waals surface area contributed by atoms with Crippen molar-refractivity contribution in [2.45, 2.75) is 127 Å². The SMILES string of the molecule is C[C@@H]1O[C@@H](O[C@H]2CC[C@@]3(C)[C@H](CC[C@@H]4[C@@H]3CC[C@]3(C)[C@@H]5CC[C@]43OC(=O)C5)C2)[C@H](O)[C@H](O)[C@H]1O. The molecule has 2 aliphatic heterocycles. The van der Waals surface area contributed by atoms with Crippen LogP contribution in [0.5, 0.6) is 0 Å². The van der Waals surface area contributed by atoms with Crippen LogP contribution >= 0.6 is 0 Å². The average Bonchev–Trinajstić information content (AvgIpc) is 2.95. The van der Waals surface area contributed by atoms with Gasteiger partial charge in [0.25, 0.3) is 0 Å². The fourth-order valence-electron chi connectivity index (χ4n) is 9.72. The fourth-order valence-corrected chi connectivity index (χ4v) is 9.72. The van der Waals surface area contributed by atoms with Gasteiger partial charge in [-0.25, -0.2) is 0 Å². The molecule has 7 nitrogen and oxygen atoms in total. The first-order valence-electron chi connectivity index (χ1n) is 13.7. The predicted octanol–water partition coefficient (Wildman–Crippen LogP) is 2.93. The molecular formula is C27H42O7. The van der Waals surface area contributed by atoms with Crippen LogP contribution in [0.25, 0.3) is 0 Å². The molecule has 7 heteroatoms. The van der Waals surface area contributed by atoms with Gasteiger partial charge in [-0.2, -0.15) is 0 Å². The van der Waals surface area contributed by atoms with Crippen LogP contribution in [0.2, 0.25) is 0 Å². The van der Waals surface area contributed by atoms with E-state index in [0.29, 0.717) is 30.1 Å². The van der Waals surface area contributed by atoms with Crippen LogP contribution in [-0.2, 0) is 19.0 Å². The van der Waals surface area contributed by atoms with Crippen LogP contribution in [-0.4, -0.2) is 63.7 Å². The molecule has 0 radical (unpaired) electrons. The second kappa shape index (κ2) is 7.88. The standard InChI is InChI=1S/C27H42O7/c1-14-21(29)22(30)23(31)24(32-14)33-17-7-9-25(2)15(12-17)4-5-19-18(25)8-10-26(3)16-6-11-27(19,26)34-20(28)13-16/h14-19,21-24,29-31H,4-13H2,1-3H3/t14-,15+,16+,17-,18-,19+,21-,22+,23+,24-,25-,26+,27-/m0/s1. The van der Waals surface area contributed by atoms with E-state index in [9.17, 15) is 20.1 Å². The maximum absolute atomic E-state index is 12.6. The summed E-state index contributed by atoms with van der Waals surface area (Å²) >= 11 is 0. The summed E-state index contributed by atoms with van der Waals surface area (Å²) in [6, 6.07) is 0. The zero-order valence-electron chi connectivity index (χ0n) is 20.8. The highest BCUT2D eigenvalue weighted by Gasteiger charge is 2.71. The van der Waals surface area contributed by atoms with Gasteiger partial charge in [-0.15, -0.1) is 0 Å². The van der Waals surface area contributed by atoms with Gasteiger partial charge in [0.2, 0.25) is 0 Å². The van der Waals surface area contributed by atoms with Crippen LogP contribution in [0, 0.1) is 34.5 Å². The van der Waals surface area contributed by atoms with Crippen LogP contribution in [0.4, 0.5) is 0 Å². The van der Waals surface area contributed by atoms with E-state index in [2.05, 4.69) is 13.8 Å². The zero-order chi connectivity index (χ0) is 24.0. The lowest BCUT2D eigenvalue weighted by atomic mass is 9.43. The van der Waals surface area contributed by atoms with E-state index in [0.717, 1.165) is 51.4 Å². The summed E-state index contributed by atoms with van der Waals surface area (Å²) in [4.78, 5) is 12.6. The van der Waals surface area contributed by atoms with Crippen LogP contribution in [0.15, 0.2) is 0 Å². The van der Waals surface area contributed by atoms with Crippen molar-refractivity contribution in [2.75, 3.05) is 0 Å². The van der Waals surface area contributed by atoms with E-state index in [1.165, 1.54) is 6.42 Å². The molecule has 4 saturated carbocycles. The van der Waals surface area contributed by atoms with Gasteiger partial charge in [0, 0.05) is 17.8 Å². The minimum absolute atomic E-state index is 0.0255. The van der Waals surface area contributed by atoms with Crippen molar-refractivity contribution in [2.24, 2.45) is 34.5 Å². The van der Waals surface area contributed by atoms with Crippen molar-refractivity contribution in [3.63, 3.8) is 0 Å². The lowest BCUT2D eigenvalue weighted by Gasteiger charge is -2.65. The molecule has 3 N–H and O–H groups in total. The Morgan fingerprint density at radius 2 is 1.68 bits per heavy atom. The van der Waals surface area contributed by atoms with Gasteiger partial charge in [-0.3, -0.25) is 4.79 Å². The van der Waals surface area contributed by atoms with Crippen molar-refractivity contribution in [3.05, 3.63) is 0 Å². The van der Waals surface area contributed by atoms with Gasteiger partial charge >= 0.3 is 5.97 Å². The highest BCUT2D eigenvalue weighted by molar-refractivity contribution is 5.72. The second-order valence-electron chi connectivity index (χ2n) is 13.0. The van der Waals surface area contributed by atoms with E-state index < -0.39 is 30.7 Å². The Hall–Kier alpha value is -0.730. The number of carbonyl (C=O) groups is 1. The normalized spacial score (nSPS) is 58.9. The van der Waals surface area contributed by atoms with E-state index in [1.54, 1.807) is 6.92 Å². The molecule has 6 aliphatic rings. The first-order valence-corrected chi connectivity index (χ1v) is 13.7. The summed E-state index contributed by atoms with van der Waals surface area (Å²) in [5.41, 5.74) is 0.0857. The molecule has 34 heavy (non-hydrogen) atoms. The highest BCUT2D eigenvalue weighted by atomic mass is 16.7. The Labute approximate surface area is 202 Å². The summed E-state index contributed by atoms with van der Waals surface area (Å²) in [6.45, 7) is 6.57. The third-order valence-electron chi connectivity index (χ3n) is 11.8. The highest BCUT2D eigenvalue weighted by Crippen LogP contribution is 2.72. The van der Waals surface area contributed by atoms with Gasteiger partial charge in [0.05, 0.1) is 12.2 Å². The van der Waals surface area contributed by atoms with Gasteiger partial charge in [0.1, 0.15) is 23.9 Å². The van der Waals surface area contributed by atoms with Crippen molar-refractivity contribution in [1.82, 2.24) is 0 Å². The third-order valence-corrected chi connectivity index (χ3v) is 11.8. The average molecular weight is 479 g/mol. The largest absolute Gasteiger partial charge is 0.458 e. The lowest BCUT2D eigenvalue weighted by molar-refractivity contribution is -0.310. The number of rotatable bonds is 2. The van der Waals surface area contributed by atoms with Crippen molar-refractivity contribution >= 4 is 5.97 Å². The molecule has 2 bridgehead atoms. The molecule has 192 valence electrons. The van der Waals surface area contributed by atoms with Gasteiger partial charge in [0.15, 0.2) is 6.29 Å². The zero-order valence-corrected chi connectivity index (χ0v) is 20.8. The van der Waals surface area contributed by atoms with Crippen molar-refractivity contribution < 1.29 is 34.3 Å². The minimum Gasteiger partial charge on any atom is -0.458 e. The van der Waals surface area contributed by atoms with E-state index in [4.69, 9.17) is 14.2 Å². The Bertz CT molecular complexity index is 834. The Balaban J connectivity index is 1.18. The quantitative estimate of drug-likeness (QED) is 0.414. The molecule has 6 fully saturated rings. The Kier molecular flexibility index (Phi) is 5.48. The number of esters is 1.